The number of carbonyl (C=O) groups excluding carboxylic acids is 1. The molecule has 8 nitrogen and oxygen atoms in total. The average Bonchev–Trinajstić information content (AvgIpc) is 2.95. The molecule has 1 atom stereocenters. The minimum Gasteiger partial charge on any atom is -0.354 e. The van der Waals surface area contributed by atoms with Gasteiger partial charge in [-0.1, -0.05) is 33.1 Å². The summed E-state index contributed by atoms with van der Waals surface area (Å²) in [6.45, 7) is 4.73. The first kappa shape index (κ1) is 20.2. The number of hydrogen-bond donors (Lipinski definition) is 1. The highest BCUT2D eigenvalue weighted by atomic mass is 35.5. The maximum atomic E-state index is 12.4. The number of fused-ring (bicyclic) bond motifs is 1. The zero-order valence-electron chi connectivity index (χ0n) is 15.7. The van der Waals surface area contributed by atoms with Gasteiger partial charge in [0.15, 0.2) is 11.2 Å². The van der Waals surface area contributed by atoms with E-state index in [9.17, 15) is 14.4 Å². The van der Waals surface area contributed by atoms with E-state index in [0.29, 0.717) is 12.5 Å². The van der Waals surface area contributed by atoms with Gasteiger partial charge in [-0.15, -0.1) is 0 Å². The quantitative estimate of drug-likeness (QED) is 0.698. The molecule has 0 aliphatic carbocycles. The van der Waals surface area contributed by atoms with E-state index in [1.807, 2.05) is 0 Å². The number of carbonyl (C=O) groups is 1. The summed E-state index contributed by atoms with van der Waals surface area (Å²) in [5.41, 5.74) is -0.697. The first-order valence-electron chi connectivity index (χ1n) is 8.90. The predicted molar refractivity (Wildman–Crippen MR) is 102 cm³/mol. The van der Waals surface area contributed by atoms with Crippen molar-refractivity contribution in [2.24, 2.45) is 20.0 Å². The van der Waals surface area contributed by atoms with Gasteiger partial charge >= 0.3 is 5.69 Å². The Morgan fingerprint density at radius 1 is 1.23 bits per heavy atom. The third kappa shape index (κ3) is 4.00. The molecule has 1 amide bonds. The van der Waals surface area contributed by atoms with Crippen molar-refractivity contribution < 1.29 is 4.79 Å². The molecule has 9 heteroatoms. The number of imidazole rings is 1. The molecule has 0 fully saturated rings. The maximum absolute atomic E-state index is 12.4. The fourth-order valence-electron chi connectivity index (χ4n) is 2.97. The monoisotopic (exact) mass is 383 g/mol. The van der Waals surface area contributed by atoms with Crippen LogP contribution in [0.15, 0.2) is 9.59 Å². The Morgan fingerprint density at radius 3 is 2.54 bits per heavy atom. The number of aryl methyl sites for hydroxylation is 1. The summed E-state index contributed by atoms with van der Waals surface area (Å²) in [6.07, 6.45) is 4.34. The molecule has 0 aromatic carbocycles. The molecule has 0 spiro atoms. The number of hydrogen-bond acceptors (Lipinski definition) is 4. The molecule has 0 radical (unpaired) electrons. The van der Waals surface area contributed by atoms with Gasteiger partial charge in [-0.2, -0.15) is 4.98 Å². The molecular weight excluding hydrogens is 358 g/mol. The van der Waals surface area contributed by atoms with Gasteiger partial charge in [-0.3, -0.25) is 23.3 Å². The Bertz CT molecular complexity index is 912. The van der Waals surface area contributed by atoms with Crippen LogP contribution in [0.1, 0.15) is 39.5 Å². The van der Waals surface area contributed by atoms with Crippen LogP contribution in [-0.4, -0.2) is 31.1 Å². The van der Waals surface area contributed by atoms with Crippen molar-refractivity contribution in [1.29, 1.82) is 0 Å². The second-order valence-corrected chi connectivity index (χ2v) is 6.90. The number of amides is 1. The average molecular weight is 384 g/mol. The van der Waals surface area contributed by atoms with Gasteiger partial charge in [0, 0.05) is 20.6 Å². The summed E-state index contributed by atoms with van der Waals surface area (Å²) in [7, 11) is 2.90. The van der Waals surface area contributed by atoms with Crippen LogP contribution in [-0.2, 0) is 25.4 Å². The molecule has 2 heterocycles. The zero-order chi connectivity index (χ0) is 19.4. The van der Waals surface area contributed by atoms with Gasteiger partial charge in [-0.05, 0) is 23.9 Å². The second-order valence-electron chi connectivity index (χ2n) is 6.57. The van der Waals surface area contributed by atoms with Crippen LogP contribution in [0.25, 0.3) is 11.2 Å². The molecule has 2 aromatic rings. The minimum atomic E-state index is -0.523. The Balaban J connectivity index is 2.23. The smallest absolute Gasteiger partial charge is 0.332 e. The van der Waals surface area contributed by atoms with Crippen molar-refractivity contribution in [1.82, 2.24) is 24.0 Å². The maximum Gasteiger partial charge on any atom is 0.332 e. The molecule has 0 unspecified atom stereocenters. The third-order valence-electron chi connectivity index (χ3n) is 4.73. The summed E-state index contributed by atoms with van der Waals surface area (Å²) in [5.74, 6) is 0.194. The van der Waals surface area contributed by atoms with Crippen molar-refractivity contribution in [3.63, 3.8) is 0 Å². The van der Waals surface area contributed by atoms with E-state index in [-0.39, 0.29) is 28.9 Å². The Morgan fingerprint density at radius 2 is 1.92 bits per heavy atom. The lowest BCUT2D eigenvalue weighted by Gasteiger charge is -2.15. The third-order valence-corrected chi connectivity index (χ3v) is 5.02. The molecule has 2 aromatic heterocycles. The molecule has 144 valence electrons. The first-order valence-corrected chi connectivity index (χ1v) is 9.27. The lowest BCUT2D eigenvalue weighted by Crippen LogP contribution is -2.38. The number of halogens is 1. The zero-order valence-corrected chi connectivity index (χ0v) is 16.5. The van der Waals surface area contributed by atoms with Crippen LogP contribution < -0.4 is 16.6 Å². The molecule has 1 N–H and O–H groups in total. The Labute approximate surface area is 156 Å². The van der Waals surface area contributed by atoms with E-state index in [4.69, 9.17) is 11.6 Å². The van der Waals surface area contributed by atoms with Gasteiger partial charge in [-0.25, -0.2) is 4.79 Å². The topological polar surface area (TPSA) is 90.9 Å². The Kier molecular flexibility index (Phi) is 6.63. The summed E-state index contributed by atoms with van der Waals surface area (Å²) in [6, 6.07) is 0. The molecule has 26 heavy (non-hydrogen) atoms. The van der Waals surface area contributed by atoms with Crippen LogP contribution >= 0.6 is 11.6 Å². The largest absolute Gasteiger partial charge is 0.354 e. The standard InChI is InChI=1S/C17H26ClN5O3/c1-5-7-8-11(6-2)9-19-12(24)10-23-13-14(20-16(23)18)21(3)17(26)22(4)15(13)25/h11H,5-10H2,1-4H3,(H,19,24)/t11-/m0/s1. The van der Waals surface area contributed by atoms with Crippen molar-refractivity contribution in [2.75, 3.05) is 6.54 Å². The number of unbranched alkanes of at least 4 members (excludes halogenated alkanes) is 1. The van der Waals surface area contributed by atoms with Gasteiger partial charge < -0.3 is 5.32 Å². The van der Waals surface area contributed by atoms with Gasteiger partial charge in [0.05, 0.1) is 0 Å². The molecule has 0 saturated heterocycles. The van der Waals surface area contributed by atoms with Crippen molar-refractivity contribution in [3.8, 4) is 0 Å². The number of nitrogens with one attached hydrogen (secondary N) is 1. The summed E-state index contributed by atoms with van der Waals surface area (Å²) >= 11 is 6.13. The van der Waals surface area contributed by atoms with E-state index < -0.39 is 11.2 Å². The van der Waals surface area contributed by atoms with Crippen LogP contribution in [0.5, 0.6) is 0 Å². The van der Waals surface area contributed by atoms with Crippen molar-refractivity contribution >= 4 is 28.7 Å². The van der Waals surface area contributed by atoms with E-state index in [0.717, 1.165) is 30.3 Å². The second kappa shape index (κ2) is 8.53. The van der Waals surface area contributed by atoms with Crippen LogP contribution in [0.3, 0.4) is 0 Å². The molecular formula is C17H26ClN5O3. The highest BCUT2D eigenvalue weighted by molar-refractivity contribution is 6.29. The molecule has 0 aliphatic heterocycles. The van der Waals surface area contributed by atoms with Gasteiger partial charge in [0.2, 0.25) is 11.2 Å². The lowest BCUT2D eigenvalue weighted by atomic mass is 9.99. The highest BCUT2D eigenvalue weighted by Crippen LogP contribution is 2.15. The van der Waals surface area contributed by atoms with Gasteiger partial charge in [0.1, 0.15) is 6.54 Å². The molecule has 0 bridgehead atoms. The molecule has 0 aliphatic rings. The van der Waals surface area contributed by atoms with E-state index in [1.165, 1.54) is 23.2 Å². The van der Waals surface area contributed by atoms with E-state index in [2.05, 4.69) is 24.1 Å². The normalized spacial score (nSPS) is 12.5. The summed E-state index contributed by atoms with van der Waals surface area (Å²) < 4.78 is 3.57. The fraction of sp³-hybridized carbons (Fsp3) is 0.647. The summed E-state index contributed by atoms with van der Waals surface area (Å²) in [5, 5.41) is 2.92. The lowest BCUT2D eigenvalue weighted by molar-refractivity contribution is -0.121. The van der Waals surface area contributed by atoms with Crippen LogP contribution in [0, 0.1) is 5.92 Å². The van der Waals surface area contributed by atoms with Crippen LogP contribution in [0.2, 0.25) is 5.28 Å². The Hall–Kier alpha value is -2.09. The molecule has 0 saturated carbocycles. The molecule has 2 rings (SSSR count). The highest BCUT2D eigenvalue weighted by Gasteiger charge is 2.20. The first-order chi connectivity index (χ1) is 12.3. The van der Waals surface area contributed by atoms with E-state index in [1.54, 1.807) is 0 Å². The summed E-state index contributed by atoms with van der Waals surface area (Å²) in [4.78, 5) is 40.9. The van der Waals surface area contributed by atoms with Crippen molar-refractivity contribution in [2.45, 2.75) is 46.1 Å². The van der Waals surface area contributed by atoms with Crippen molar-refractivity contribution in [3.05, 3.63) is 26.1 Å². The predicted octanol–water partition coefficient (Wildman–Crippen LogP) is 1.42. The number of aromatic nitrogens is 4. The van der Waals surface area contributed by atoms with Crippen LogP contribution in [0.4, 0.5) is 0 Å². The number of rotatable bonds is 8. The SMILES string of the molecule is CCCC[C@H](CC)CNC(=O)Cn1c(Cl)nc2c1c(=O)n(C)c(=O)n2C. The fourth-order valence-corrected chi connectivity index (χ4v) is 3.19. The minimum absolute atomic E-state index is 0.00599. The van der Waals surface area contributed by atoms with Gasteiger partial charge in [0.25, 0.3) is 5.56 Å². The van der Waals surface area contributed by atoms with E-state index >= 15 is 0 Å². The number of nitrogens with zero attached hydrogens (tertiary/aromatic N) is 4.